The van der Waals surface area contributed by atoms with Crippen LogP contribution >= 0.6 is 0 Å². The number of unbranched alkanes of at least 4 members (excludes halogenated alkanes) is 28. The molecule has 0 aliphatic rings. The predicted octanol–water partition coefficient (Wildman–Crippen LogP) is 19.9. The van der Waals surface area contributed by atoms with E-state index in [0.717, 1.165) is 103 Å². The van der Waals surface area contributed by atoms with Gasteiger partial charge in [-0.25, -0.2) is 0 Å². The van der Waals surface area contributed by atoms with E-state index in [1.165, 1.54) is 141 Å². The Labute approximate surface area is 433 Å². The minimum absolute atomic E-state index is 0.0894. The second kappa shape index (κ2) is 58.2. The Hall–Kier alpha value is -3.41. The Morgan fingerprint density at radius 3 is 0.886 bits per heavy atom. The van der Waals surface area contributed by atoms with Gasteiger partial charge in [0.25, 0.3) is 0 Å². The molecular formula is C64H110O6. The molecule has 0 heterocycles. The normalized spacial score (nSPS) is 12.7. The summed E-state index contributed by atoms with van der Waals surface area (Å²) in [5, 5.41) is 0. The first kappa shape index (κ1) is 66.6. The van der Waals surface area contributed by atoms with Crippen LogP contribution in [-0.4, -0.2) is 37.2 Å². The largest absolute Gasteiger partial charge is 0.462 e. The fourth-order valence-electron chi connectivity index (χ4n) is 8.21. The molecule has 0 fully saturated rings. The first-order chi connectivity index (χ1) is 34.5. The lowest BCUT2D eigenvalue weighted by molar-refractivity contribution is -0.167. The van der Waals surface area contributed by atoms with Gasteiger partial charge in [0.05, 0.1) is 0 Å². The van der Waals surface area contributed by atoms with Crippen molar-refractivity contribution < 1.29 is 28.6 Å². The fraction of sp³-hybridized carbons (Fsp3) is 0.734. The summed E-state index contributed by atoms with van der Waals surface area (Å²) in [6.45, 7) is 6.50. The van der Waals surface area contributed by atoms with Crippen LogP contribution in [0.25, 0.3) is 0 Å². The van der Waals surface area contributed by atoms with Gasteiger partial charge >= 0.3 is 17.9 Å². The molecule has 0 aromatic carbocycles. The van der Waals surface area contributed by atoms with Crippen molar-refractivity contribution in [3.8, 4) is 0 Å². The molecule has 0 aliphatic carbocycles. The number of ether oxygens (including phenoxy) is 3. The van der Waals surface area contributed by atoms with Crippen molar-refractivity contribution in [3.05, 3.63) is 85.1 Å². The van der Waals surface area contributed by atoms with Crippen LogP contribution in [0.15, 0.2) is 85.1 Å². The smallest absolute Gasteiger partial charge is 0.306 e. The number of carbonyl (C=O) groups is 3. The molecule has 0 saturated heterocycles. The van der Waals surface area contributed by atoms with E-state index in [9.17, 15) is 14.4 Å². The van der Waals surface area contributed by atoms with E-state index in [0.29, 0.717) is 12.8 Å². The van der Waals surface area contributed by atoms with Crippen LogP contribution in [0.4, 0.5) is 0 Å². The van der Waals surface area contributed by atoms with Gasteiger partial charge in [-0.1, -0.05) is 254 Å². The average molecular weight is 976 g/mol. The molecule has 6 nitrogen and oxygen atoms in total. The first-order valence-corrected chi connectivity index (χ1v) is 29.6. The summed E-state index contributed by atoms with van der Waals surface area (Å²) >= 11 is 0. The van der Waals surface area contributed by atoms with E-state index in [2.05, 4.69) is 106 Å². The van der Waals surface area contributed by atoms with Crippen LogP contribution in [-0.2, 0) is 28.6 Å². The highest BCUT2D eigenvalue weighted by Gasteiger charge is 2.19. The maximum Gasteiger partial charge on any atom is 0.306 e. The van der Waals surface area contributed by atoms with Crippen molar-refractivity contribution in [2.24, 2.45) is 0 Å². The van der Waals surface area contributed by atoms with E-state index < -0.39 is 6.10 Å². The van der Waals surface area contributed by atoms with E-state index >= 15 is 0 Å². The highest BCUT2D eigenvalue weighted by molar-refractivity contribution is 5.71. The Morgan fingerprint density at radius 1 is 0.300 bits per heavy atom. The van der Waals surface area contributed by atoms with Gasteiger partial charge in [0, 0.05) is 19.3 Å². The van der Waals surface area contributed by atoms with E-state index in [-0.39, 0.29) is 37.5 Å². The summed E-state index contributed by atoms with van der Waals surface area (Å²) in [5.74, 6) is -0.919. The minimum Gasteiger partial charge on any atom is -0.462 e. The summed E-state index contributed by atoms with van der Waals surface area (Å²) in [5.41, 5.74) is 0. The minimum atomic E-state index is -0.795. The van der Waals surface area contributed by atoms with Crippen LogP contribution in [0.5, 0.6) is 0 Å². The van der Waals surface area contributed by atoms with Crippen molar-refractivity contribution in [1.82, 2.24) is 0 Å². The van der Waals surface area contributed by atoms with Gasteiger partial charge in [0.1, 0.15) is 13.2 Å². The lowest BCUT2D eigenvalue weighted by atomic mass is 10.0. The Balaban J connectivity index is 4.40. The Kier molecular flexibility index (Phi) is 55.3. The second-order valence-electron chi connectivity index (χ2n) is 19.5. The molecule has 1 unspecified atom stereocenters. The number of rotatable bonds is 53. The van der Waals surface area contributed by atoms with Crippen molar-refractivity contribution in [1.29, 1.82) is 0 Å². The standard InChI is InChI=1S/C64H110O6/c1-4-7-10-13-16-19-22-25-27-29-31-32-34-35-37-39-42-45-48-51-54-57-63(66)69-60-61(59-68-62(65)56-53-50-47-44-41-24-21-18-15-12-9-6-3)70-64(67)58-55-52-49-46-43-40-38-36-33-30-28-26-23-20-17-14-11-8-5-2/h8,11,17,20,22,25-26,28-29,31,33,36,40,43,61H,4-7,9-10,12-16,18-19,21,23-24,27,30,32,34-35,37-39,41-42,44-60H2,1-3H3/b11-8-,20-17-,25-22-,28-26-,31-29-,36-33-,43-40-. The summed E-state index contributed by atoms with van der Waals surface area (Å²) in [6, 6.07) is 0. The quantitative estimate of drug-likeness (QED) is 0.0261. The molecule has 0 aromatic rings. The lowest BCUT2D eigenvalue weighted by Crippen LogP contribution is -2.30. The van der Waals surface area contributed by atoms with Gasteiger partial charge in [-0.3, -0.25) is 14.4 Å². The van der Waals surface area contributed by atoms with Gasteiger partial charge in [-0.05, 0) is 96.3 Å². The number of carbonyl (C=O) groups excluding carboxylic acids is 3. The zero-order valence-electron chi connectivity index (χ0n) is 46.0. The molecule has 0 saturated carbocycles. The third kappa shape index (κ3) is 55.5. The van der Waals surface area contributed by atoms with Crippen LogP contribution in [0.1, 0.15) is 284 Å². The molecule has 0 amide bonds. The van der Waals surface area contributed by atoms with Crippen molar-refractivity contribution in [2.45, 2.75) is 290 Å². The molecule has 0 bridgehead atoms. The Bertz CT molecular complexity index is 1350. The number of esters is 3. The molecule has 402 valence electrons. The van der Waals surface area contributed by atoms with Crippen LogP contribution < -0.4 is 0 Å². The number of hydrogen-bond donors (Lipinski definition) is 0. The molecule has 0 aromatic heterocycles. The molecular weight excluding hydrogens is 865 g/mol. The molecule has 1 atom stereocenters. The van der Waals surface area contributed by atoms with Gasteiger partial charge in [0.2, 0.25) is 0 Å². The summed E-state index contributed by atoms with van der Waals surface area (Å²) < 4.78 is 16.9. The Morgan fingerprint density at radius 2 is 0.557 bits per heavy atom. The summed E-state index contributed by atoms with van der Waals surface area (Å²) in [7, 11) is 0. The predicted molar refractivity (Wildman–Crippen MR) is 302 cm³/mol. The van der Waals surface area contributed by atoms with Gasteiger partial charge in [-0.2, -0.15) is 0 Å². The van der Waals surface area contributed by atoms with E-state index in [4.69, 9.17) is 14.2 Å². The maximum absolute atomic E-state index is 12.9. The molecule has 70 heavy (non-hydrogen) atoms. The molecule has 6 heteroatoms. The van der Waals surface area contributed by atoms with Crippen molar-refractivity contribution in [3.63, 3.8) is 0 Å². The molecule has 0 aliphatic heterocycles. The molecule has 0 spiro atoms. The van der Waals surface area contributed by atoms with E-state index in [1.54, 1.807) is 0 Å². The third-order valence-electron chi connectivity index (χ3n) is 12.6. The highest BCUT2D eigenvalue weighted by Crippen LogP contribution is 2.15. The summed E-state index contributed by atoms with van der Waals surface area (Å²) in [6.07, 6.45) is 75.7. The topological polar surface area (TPSA) is 78.9 Å². The fourth-order valence-corrected chi connectivity index (χ4v) is 8.21. The van der Waals surface area contributed by atoms with Crippen LogP contribution in [0.3, 0.4) is 0 Å². The molecule has 0 radical (unpaired) electrons. The average Bonchev–Trinajstić information content (AvgIpc) is 3.36. The first-order valence-electron chi connectivity index (χ1n) is 29.6. The zero-order chi connectivity index (χ0) is 50.7. The van der Waals surface area contributed by atoms with Crippen LogP contribution in [0, 0.1) is 0 Å². The SMILES string of the molecule is CC/C=C\C/C=C\C/C=C\C/C=C\C/C=C\CCCCCC(=O)OC(COC(=O)CCCCCCCCCCC/C=C\C/C=C\CCCCCCC)COC(=O)CCCCCCCCCCCCCC. The number of hydrogen-bond acceptors (Lipinski definition) is 6. The highest BCUT2D eigenvalue weighted by atomic mass is 16.6. The second-order valence-corrected chi connectivity index (χ2v) is 19.5. The molecule has 0 N–H and O–H groups in total. The van der Waals surface area contributed by atoms with Gasteiger partial charge in [0.15, 0.2) is 6.10 Å². The monoisotopic (exact) mass is 975 g/mol. The lowest BCUT2D eigenvalue weighted by Gasteiger charge is -2.18. The number of allylic oxidation sites excluding steroid dienone is 14. The van der Waals surface area contributed by atoms with Crippen LogP contribution in [0.2, 0.25) is 0 Å². The third-order valence-corrected chi connectivity index (χ3v) is 12.6. The maximum atomic E-state index is 12.9. The van der Waals surface area contributed by atoms with E-state index in [1.807, 2.05) is 0 Å². The molecule has 0 rings (SSSR count). The van der Waals surface area contributed by atoms with Gasteiger partial charge in [-0.15, -0.1) is 0 Å². The summed E-state index contributed by atoms with van der Waals surface area (Å²) in [4.78, 5) is 38.2. The van der Waals surface area contributed by atoms with Gasteiger partial charge < -0.3 is 14.2 Å². The zero-order valence-corrected chi connectivity index (χ0v) is 46.0. The van der Waals surface area contributed by atoms with Crippen molar-refractivity contribution >= 4 is 17.9 Å². The van der Waals surface area contributed by atoms with Crippen molar-refractivity contribution in [2.75, 3.05) is 13.2 Å².